The molecule has 0 aliphatic heterocycles. The Morgan fingerprint density at radius 1 is 1.11 bits per heavy atom. The van der Waals surface area contributed by atoms with E-state index in [0.717, 1.165) is 16.6 Å². The van der Waals surface area contributed by atoms with E-state index in [2.05, 4.69) is 32.9 Å². The molecule has 0 bridgehead atoms. The van der Waals surface area contributed by atoms with Gasteiger partial charge in [-0.25, -0.2) is 0 Å². The van der Waals surface area contributed by atoms with Crippen molar-refractivity contribution >= 4 is 32.7 Å². The quantitative estimate of drug-likeness (QED) is 0.521. The Labute approximate surface area is 106 Å². The molecular formula is C13H6N3OS. The van der Waals surface area contributed by atoms with Gasteiger partial charge in [0, 0.05) is 22.3 Å². The zero-order valence-electron chi connectivity index (χ0n) is 9.12. The molecule has 18 heavy (non-hydrogen) atoms. The largest absolute Gasteiger partial charge is 0.337 e. The number of benzene rings is 2. The van der Waals surface area contributed by atoms with Crippen LogP contribution in [0.2, 0.25) is 0 Å². The second kappa shape index (κ2) is 3.61. The first kappa shape index (κ1) is 9.73. The fourth-order valence-corrected chi connectivity index (χ4v) is 2.73. The molecule has 0 aliphatic carbocycles. The Kier molecular flexibility index (Phi) is 1.95. The summed E-state index contributed by atoms with van der Waals surface area (Å²) in [6.07, 6.45) is 0. The third-order valence-electron chi connectivity index (χ3n) is 2.80. The second-order valence-electron chi connectivity index (χ2n) is 3.89. The number of aromatic nitrogens is 3. The molecule has 4 rings (SSSR count). The molecule has 0 unspecified atom stereocenters. The molecule has 4 nitrogen and oxygen atoms in total. The van der Waals surface area contributed by atoms with Gasteiger partial charge in [-0.1, -0.05) is 18.2 Å². The van der Waals surface area contributed by atoms with Crippen LogP contribution in [0.3, 0.4) is 0 Å². The highest BCUT2D eigenvalue weighted by Crippen LogP contribution is 2.31. The molecule has 0 spiro atoms. The molecule has 2 heterocycles. The average molecular weight is 252 g/mol. The lowest BCUT2D eigenvalue weighted by Gasteiger charge is -1.96. The van der Waals surface area contributed by atoms with Gasteiger partial charge in [-0.05, 0) is 29.7 Å². The topological polar surface area (TPSA) is 51.8 Å². The maximum absolute atomic E-state index is 4.97. The van der Waals surface area contributed by atoms with Gasteiger partial charge < -0.3 is 4.52 Å². The van der Waals surface area contributed by atoms with E-state index in [4.69, 9.17) is 4.52 Å². The van der Waals surface area contributed by atoms with E-state index in [1.54, 1.807) is 0 Å². The zero-order valence-corrected chi connectivity index (χ0v) is 9.94. The molecule has 4 aromatic rings. The van der Waals surface area contributed by atoms with Crippen molar-refractivity contribution in [3.63, 3.8) is 0 Å². The number of nitrogens with zero attached hydrogens (tertiary/aromatic N) is 3. The van der Waals surface area contributed by atoms with E-state index in [-0.39, 0.29) is 0 Å². The van der Waals surface area contributed by atoms with Crippen LogP contribution in [-0.4, -0.2) is 14.7 Å². The molecule has 0 N–H and O–H groups in total. The Bertz CT molecular complexity index is 849. The molecule has 0 saturated carbocycles. The summed E-state index contributed by atoms with van der Waals surface area (Å²) < 4.78 is 10.6. The summed E-state index contributed by atoms with van der Waals surface area (Å²) >= 11 is 1.49. The molecule has 0 fully saturated rings. The summed E-state index contributed by atoms with van der Waals surface area (Å²) in [6, 6.07) is 15.1. The molecule has 2 aromatic heterocycles. The highest BCUT2D eigenvalue weighted by molar-refractivity contribution is 7.13. The number of fused-ring (bicyclic) bond motifs is 2. The zero-order chi connectivity index (χ0) is 11.9. The van der Waals surface area contributed by atoms with Crippen molar-refractivity contribution in [1.82, 2.24) is 14.7 Å². The fourth-order valence-electron chi connectivity index (χ4n) is 1.94. The molecule has 2 aromatic carbocycles. The van der Waals surface area contributed by atoms with Crippen LogP contribution in [0.1, 0.15) is 0 Å². The van der Waals surface area contributed by atoms with E-state index in [9.17, 15) is 0 Å². The summed E-state index contributed by atoms with van der Waals surface area (Å²) in [5, 5.41) is 8.52. The third kappa shape index (κ3) is 1.34. The lowest BCUT2D eigenvalue weighted by molar-refractivity contribution is 0.424. The van der Waals surface area contributed by atoms with Crippen molar-refractivity contribution in [3.8, 4) is 11.3 Å². The number of rotatable bonds is 1. The third-order valence-corrected chi connectivity index (χ3v) is 3.63. The summed E-state index contributed by atoms with van der Waals surface area (Å²) in [5.74, 6) is 0. The highest BCUT2D eigenvalue weighted by Gasteiger charge is 2.10. The second-order valence-corrected chi connectivity index (χ2v) is 4.69. The Balaban J connectivity index is 2.00. The van der Waals surface area contributed by atoms with E-state index in [0.29, 0.717) is 11.1 Å². The van der Waals surface area contributed by atoms with Crippen LogP contribution in [0.25, 0.3) is 32.4 Å². The highest BCUT2D eigenvalue weighted by atomic mass is 32.1. The van der Waals surface area contributed by atoms with Gasteiger partial charge in [-0.15, -0.1) is 5.10 Å². The van der Waals surface area contributed by atoms with Gasteiger partial charge in [-0.3, -0.25) is 0 Å². The predicted octanol–water partition coefficient (Wildman–Crippen LogP) is 3.30. The van der Waals surface area contributed by atoms with Crippen molar-refractivity contribution in [2.75, 3.05) is 0 Å². The summed E-state index contributed by atoms with van der Waals surface area (Å²) in [4.78, 5) is 0. The molecule has 85 valence electrons. The van der Waals surface area contributed by atoms with Crippen molar-refractivity contribution in [3.05, 3.63) is 42.5 Å². The van der Waals surface area contributed by atoms with Gasteiger partial charge in [-0.2, -0.15) is 4.37 Å². The van der Waals surface area contributed by atoms with Crippen LogP contribution in [0.15, 0.2) is 40.9 Å². The van der Waals surface area contributed by atoms with Crippen molar-refractivity contribution in [2.24, 2.45) is 0 Å². The first-order valence-corrected chi connectivity index (χ1v) is 6.18. The van der Waals surface area contributed by atoms with Crippen LogP contribution in [0.4, 0.5) is 0 Å². The minimum absolute atomic E-state index is 0.629. The Morgan fingerprint density at radius 2 is 2.06 bits per heavy atom. The van der Waals surface area contributed by atoms with Crippen molar-refractivity contribution in [2.45, 2.75) is 0 Å². The first-order chi connectivity index (χ1) is 8.92. The van der Waals surface area contributed by atoms with Crippen LogP contribution in [0.5, 0.6) is 0 Å². The van der Waals surface area contributed by atoms with Gasteiger partial charge in [0.15, 0.2) is 5.58 Å². The lowest BCUT2D eigenvalue weighted by atomic mass is 10.1. The smallest absolute Gasteiger partial charge is 0.188 e. The van der Waals surface area contributed by atoms with Crippen molar-refractivity contribution in [1.29, 1.82) is 0 Å². The summed E-state index contributed by atoms with van der Waals surface area (Å²) in [5.41, 5.74) is 3.11. The maximum atomic E-state index is 4.97. The monoisotopic (exact) mass is 252 g/mol. The van der Waals surface area contributed by atoms with Crippen LogP contribution in [0, 0.1) is 6.07 Å². The summed E-state index contributed by atoms with van der Waals surface area (Å²) in [7, 11) is 0. The summed E-state index contributed by atoms with van der Waals surface area (Å²) in [6.45, 7) is 0. The SMILES string of the molecule is [c]1c(-c2nsc3ccccc23)ccc2onnc12. The van der Waals surface area contributed by atoms with Crippen LogP contribution >= 0.6 is 11.5 Å². The van der Waals surface area contributed by atoms with Gasteiger partial charge in [0.2, 0.25) is 0 Å². The average Bonchev–Trinajstić information content (AvgIpc) is 3.04. The minimum Gasteiger partial charge on any atom is -0.337 e. The number of hydrogen-bond donors (Lipinski definition) is 0. The fraction of sp³-hybridized carbons (Fsp3) is 0. The van der Waals surface area contributed by atoms with Gasteiger partial charge in [0.25, 0.3) is 0 Å². The molecule has 5 heteroatoms. The maximum Gasteiger partial charge on any atom is 0.188 e. The molecule has 0 amide bonds. The molecular weight excluding hydrogens is 246 g/mol. The van der Waals surface area contributed by atoms with E-state index >= 15 is 0 Å². The molecule has 0 atom stereocenters. The number of hydrogen-bond acceptors (Lipinski definition) is 5. The van der Waals surface area contributed by atoms with Gasteiger partial charge in [0.05, 0.1) is 10.4 Å². The van der Waals surface area contributed by atoms with E-state index in [1.807, 2.05) is 24.3 Å². The van der Waals surface area contributed by atoms with Gasteiger partial charge >= 0.3 is 0 Å². The van der Waals surface area contributed by atoms with Gasteiger partial charge in [0.1, 0.15) is 5.52 Å². The predicted molar refractivity (Wildman–Crippen MR) is 69.3 cm³/mol. The standard InChI is InChI=1S/C13H6N3OS/c1-2-4-12-9(3-1)13(15-18-12)8-5-6-11-10(7-8)14-16-17-11/h1-6H. The Hall–Kier alpha value is -2.27. The normalized spacial score (nSPS) is 11.3. The van der Waals surface area contributed by atoms with E-state index in [1.165, 1.54) is 16.2 Å². The molecule has 0 saturated heterocycles. The first-order valence-electron chi connectivity index (χ1n) is 5.41. The van der Waals surface area contributed by atoms with Crippen molar-refractivity contribution < 1.29 is 4.52 Å². The minimum atomic E-state index is 0.629. The van der Waals surface area contributed by atoms with Crippen LogP contribution in [-0.2, 0) is 0 Å². The molecule has 0 aliphatic rings. The van der Waals surface area contributed by atoms with E-state index < -0.39 is 0 Å². The lowest BCUT2D eigenvalue weighted by Crippen LogP contribution is -1.79. The molecule has 1 radical (unpaired) electrons. The van der Waals surface area contributed by atoms with Crippen LogP contribution < -0.4 is 0 Å². The Morgan fingerprint density at radius 3 is 3.06 bits per heavy atom.